The summed E-state index contributed by atoms with van der Waals surface area (Å²) in [7, 11) is 0.0501. The van der Waals surface area contributed by atoms with E-state index < -0.39 is 15.3 Å². The fourth-order valence-corrected chi connectivity index (χ4v) is 2.96. The molecular formula is C17H22N2O3S. The summed E-state index contributed by atoms with van der Waals surface area (Å²) in [6.07, 6.45) is 8.37. The maximum Gasteiger partial charge on any atom is 0.238 e. The molecule has 0 aliphatic rings. The Morgan fingerprint density at radius 1 is 1.35 bits per heavy atom. The highest BCUT2D eigenvalue weighted by molar-refractivity contribution is 7.93. The van der Waals surface area contributed by atoms with Crippen LogP contribution in [-0.4, -0.2) is 45.0 Å². The van der Waals surface area contributed by atoms with E-state index >= 15 is 0 Å². The van der Waals surface area contributed by atoms with Crippen molar-refractivity contribution in [3.8, 4) is 12.3 Å². The molecule has 0 bridgehead atoms. The Labute approximate surface area is 138 Å². The summed E-state index contributed by atoms with van der Waals surface area (Å²) >= 11 is 0. The Kier molecular flexibility index (Phi) is 6.40. The predicted molar refractivity (Wildman–Crippen MR) is 93.8 cm³/mol. The van der Waals surface area contributed by atoms with Crippen molar-refractivity contribution in [3.05, 3.63) is 42.1 Å². The van der Waals surface area contributed by atoms with Crippen LogP contribution in [0.15, 0.2) is 36.5 Å². The third kappa shape index (κ3) is 4.86. The van der Waals surface area contributed by atoms with Crippen LogP contribution in [0.4, 0.5) is 5.69 Å². The van der Waals surface area contributed by atoms with E-state index in [2.05, 4.69) is 5.92 Å². The molecule has 0 saturated heterocycles. The molecule has 1 aromatic rings. The molecule has 0 N–H and O–H groups in total. The molecular weight excluding hydrogens is 312 g/mol. The van der Waals surface area contributed by atoms with Gasteiger partial charge in [0.15, 0.2) is 5.78 Å². The highest BCUT2D eigenvalue weighted by atomic mass is 32.2. The fourth-order valence-electron chi connectivity index (χ4n) is 1.79. The average Bonchev–Trinajstić information content (AvgIpc) is 2.49. The highest BCUT2D eigenvalue weighted by Crippen LogP contribution is 2.22. The van der Waals surface area contributed by atoms with Crippen molar-refractivity contribution in [1.29, 1.82) is 0 Å². The molecule has 0 aliphatic heterocycles. The van der Waals surface area contributed by atoms with E-state index in [0.717, 1.165) is 4.31 Å². The van der Waals surface area contributed by atoms with Gasteiger partial charge < -0.3 is 4.90 Å². The number of anilines is 1. The van der Waals surface area contributed by atoms with Gasteiger partial charge >= 0.3 is 0 Å². The van der Waals surface area contributed by atoms with Crippen molar-refractivity contribution in [2.75, 3.05) is 24.9 Å². The van der Waals surface area contributed by atoms with Gasteiger partial charge in [0.25, 0.3) is 0 Å². The van der Waals surface area contributed by atoms with E-state index in [9.17, 15) is 13.2 Å². The largest absolute Gasteiger partial charge is 0.383 e. The second kappa shape index (κ2) is 7.84. The minimum absolute atomic E-state index is 0.0777. The zero-order valence-electron chi connectivity index (χ0n) is 13.9. The first-order chi connectivity index (χ1) is 10.7. The molecule has 6 heteroatoms. The number of allylic oxidation sites excluding steroid dienone is 1. The molecule has 0 heterocycles. The zero-order valence-corrected chi connectivity index (χ0v) is 14.7. The first-order valence-corrected chi connectivity index (χ1v) is 8.64. The van der Waals surface area contributed by atoms with Crippen LogP contribution in [0.5, 0.6) is 0 Å². The molecule has 0 aliphatic carbocycles. The molecule has 0 fully saturated rings. The number of ketones is 1. The van der Waals surface area contributed by atoms with Crippen molar-refractivity contribution in [2.24, 2.45) is 0 Å². The number of carbonyl (C=O) groups excluding carboxylic acids is 1. The van der Waals surface area contributed by atoms with Crippen LogP contribution in [0.25, 0.3) is 0 Å². The molecule has 0 atom stereocenters. The Hall–Kier alpha value is -2.26. The minimum atomic E-state index is -3.57. The molecule has 124 valence electrons. The van der Waals surface area contributed by atoms with Gasteiger partial charge in [0.1, 0.15) is 0 Å². The van der Waals surface area contributed by atoms with Gasteiger partial charge in [0.2, 0.25) is 10.0 Å². The van der Waals surface area contributed by atoms with Crippen LogP contribution >= 0.6 is 0 Å². The van der Waals surface area contributed by atoms with E-state index in [4.69, 9.17) is 6.42 Å². The van der Waals surface area contributed by atoms with Crippen LogP contribution in [0.2, 0.25) is 0 Å². The molecule has 0 amide bonds. The first kappa shape index (κ1) is 18.8. The van der Waals surface area contributed by atoms with E-state index in [1.54, 1.807) is 49.2 Å². The minimum Gasteiger partial charge on any atom is -0.383 e. The van der Waals surface area contributed by atoms with Gasteiger partial charge in [-0.25, -0.2) is 8.42 Å². The second-order valence-corrected chi connectivity index (χ2v) is 7.91. The number of rotatable bonds is 7. The van der Waals surface area contributed by atoms with Crippen LogP contribution in [-0.2, 0) is 10.0 Å². The molecule has 0 unspecified atom stereocenters. The number of sulfonamides is 1. The smallest absolute Gasteiger partial charge is 0.238 e. The predicted octanol–water partition coefficient (Wildman–Crippen LogP) is 2.12. The summed E-state index contributed by atoms with van der Waals surface area (Å²) in [5.74, 6) is 2.15. The number of nitrogens with zero attached hydrogens (tertiary/aromatic N) is 2. The molecule has 0 saturated carbocycles. The SMILES string of the molecule is C#CCN(c1cccc(C(=O)/C=C/N(C)C)c1)S(=O)(=O)C(C)C. The average molecular weight is 334 g/mol. The lowest BCUT2D eigenvalue weighted by Gasteiger charge is -2.24. The van der Waals surface area contributed by atoms with E-state index in [1.165, 1.54) is 6.08 Å². The number of hydrogen-bond acceptors (Lipinski definition) is 4. The number of terminal acetylenes is 1. The molecule has 23 heavy (non-hydrogen) atoms. The summed E-state index contributed by atoms with van der Waals surface area (Å²) < 4.78 is 26.0. The summed E-state index contributed by atoms with van der Waals surface area (Å²) in [4.78, 5) is 13.9. The lowest BCUT2D eigenvalue weighted by atomic mass is 10.1. The van der Waals surface area contributed by atoms with Crippen molar-refractivity contribution in [3.63, 3.8) is 0 Å². The van der Waals surface area contributed by atoms with E-state index in [1.807, 2.05) is 14.1 Å². The fraction of sp³-hybridized carbons (Fsp3) is 0.353. The van der Waals surface area contributed by atoms with E-state index in [-0.39, 0.29) is 12.3 Å². The Morgan fingerprint density at radius 3 is 2.52 bits per heavy atom. The van der Waals surface area contributed by atoms with Gasteiger partial charge in [0, 0.05) is 31.9 Å². The Balaban J connectivity index is 3.24. The van der Waals surface area contributed by atoms with Gasteiger partial charge in [-0.3, -0.25) is 9.10 Å². The third-order valence-corrected chi connectivity index (χ3v) is 5.23. The van der Waals surface area contributed by atoms with Crippen molar-refractivity contribution in [2.45, 2.75) is 19.1 Å². The highest BCUT2D eigenvalue weighted by Gasteiger charge is 2.25. The van der Waals surface area contributed by atoms with Gasteiger partial charge in [-0.05, 0) is 26.0 Å². The van der Waals surface area contributed by atoms with Crippen molar-refractivity contribution >= 4 is 21.5 Å². The van der Waals surface area contributed by atoms with E-state index in [0.29, 0.717) is 11.3 Å². The molecule has 1 rings (SSSR count). The summed E-state index contributed by atoms with van der Waals surface area (Å²) in [6.45, 7) is 3.10. The Bertz CT molecular complexity index is 728. The molecule has 0 spiro atoms. The normalized spacial score (nSPS) is 11.5. The first-order valence-electron chi connectivity index (χ1n) is 7.14. The van der Waals surface area contributed by atoms with Crippen LogP contribution in [0, 0.1) is 12.3 Å². The topological polar surface area (TPSA) is 57.7 Å². The van der Waals surface area contributed by atoms with Crippen molar-refractivity contribution in [1.82, 2.24) is 4.90 Å². The van der Waals surface area contributed by atoms with Crippen LogP contribution in [0.3, 0.4) is 0 Å². The quantitative estimate of drug-likeness (QED) is 0.435. The zero-order chi connectivity index (χ0) is 17.6. The summed E-state index contributed by atoms with van der Waals surface area (Å²) in [6, 6.07) is 6.45. The number of hydrogen-bond donors (Lipinski definition) is 0. The maximum absolute atomic E-state index is 12.4. The third-order valence-electron chi connectivity index (χ3n) is 3.08. The van der Waals surface area contributed by atoms with Gasteiger partial charge in [0.05, 0.1) is 17.5 Å². The van der Waals surface area contributed by atoms with Crippen molar-refractivity contribution < 1.29 is 13.2 Å². The molecule has 5 nitrogen and oxygen atoms in total. The number of carbonyl (C=O) groups is 1. The standard InChI is InChI=1S/C17H22N2O3S/c1-6-11-19(23(21,22)14(2)3)16-9-7-8-15(13-16)17(20)10-12-18(4)5/h1,7-10,12-14H,11H2,2-5H3/b12-10+. The molecule has 0 radical (unpaired) electrons. The molecule has 1 aromatic carbocycles. The summed E-state index contributed by atoms with van der Waals surface area (Å²) in [5.41, 5.74) is 0.794. The lowest BCUT2D eigenvalue weighted by Crippen LogP contribution is -2.36. The monoisotopic (exact) mass is 334 g/mol. The lowest BCUT2D eigenvalue weighted by molar-refractivity contribution is 0.104. The second-order valence-electron chi connectivity index (χ2n) is 5.50. The number of benzene rings is 1. The Morgan fingerprint density at radius 2 is 2.00 bits per heavy atom. The maximum atomic E-state index is 12.4. The van der Waals surface area contributed by atoms with Gasteiger partial charge in [-0.15, -0.1) is 6.42 Å². The summed E-state index contributed by atoms with van der Waals surface area (Å²) in [5, 5.41) is -0.608. The van der Waals surface area contributed by atoms with Gasteiger partial charge in [-0.2, -0.15) is 0 Å². The van der Waals surface area contributed by atoms with Crippen LogP contribution in [0.1, 0.15) is 24.2 Å². The van der Waals surface area contributed by atoms with Crippen LogP contribution < -0.4 is 4.31 Å². The molecule has 0 aromatic heterocycles. The van der Waals surface area contributed by atoms with Gasteiger partial charge in [-0.1, -0.05) is 18.1 Å².